The van der Waals surface area contributed by atoms with Crippen LogP contribution in [-0.4, -0.2) is 5.91 Å². The molecule has 25 heavy (non-hydrogen) atoms. The van der Waals surface area contributed by atoms with Gasteiger partial charge in [-0.1, -0.05) is 30.3 Å². The lowest BCUT2D eigenvalue weighted by Crippen LogP contribution is -2.13. The largest absolute Gasteiger partial charge is 0.322 e. The first-order valence-corrected chi connectivity index (χ1v) is 8.64. The zero-order valence-corrected chi connectivity index (χ0v) is 14.0. The summed E-state index contributed by atoms with van der Waals surface area (Å²) < 4.78 is 27.2. The lowest BCUT2D eigenvalue weighted by Gasteiger charge is -2.07. The van der Waals surface area contributed by atoms with Gasteiger partial charge >= 0.3 is 0 Å². The Morgan fingerprint density at radius 2 is 1.48 bits per heavy atom. The van der Waals surface area contributed by atoms with E-state index in [1.54, 1.807) is 36.4 Å². The number of thioether (sulfide) groups is 1. The molecular weight excluding hydrogens is 340 g/mol. The van der Waals surface area contributed by atoms with Gasteiger partial charge in [0, 0.05) is 16.3 Å². The maximum absolute atomic E-state index is 13.6. The second kappa shape index (κ2) is 7.94. The maximum atomic E-state index is 13.6. The molecule has 0 fully saturated rings. The van der Waals surface area contributed by atoms with E-state index in [-0.39, 0.29) is 11.4 Å². The Balaban J connectivity index is 1.62. The molecule has 126 valence electrons. The van der Waals surface area contributed by atoms with Crippen LogP contribution in [0.5, 0.6) is 0 Å². The summed E-state index contributed by atoms with van der Waals surface area (Å²) in [5.41, 5.74) is 1.22. The van der Waals surface area contributed by atoms with Gasteiger partial charge < -0.3 is 5.32 Å². The van der Waals surface area contributed by atoms with Crippen molar-refractivity contribution < 1.29 is 13.6 Å². The van der Waals surface area contributed by atoms with Crippen molar-refractivity contribution in [1.82, 2.24) is 0 Å². The third-order valence-electron chi connectivity index (χ3n) is 3.58. The van der Waals surface area contributed by atoms with E-state index in [9.17, 15) is 13.6 Å². The summed E-state index contributed by atoms with van der Waals surface area (Å²) in [5, 5.41) is 2.66. The number of halogens is 2. The van der Waals surface area contributed by atoms with Crippen LogP contribution in [0, 0.1) is 11.6 Å². The van der Waals surface area contributed by atoms with Crippen molar-refractivity contribution in [3.63, 3.8) is 0 Å². The minimum Gasteiger partial charge on any atom is -0.322 e. The fourth-order valence-corrected chi connectivity index (χ4v) is 3.14. The smallest absolute Gasteiger partial charge is 0.258 e. The summed E-state index contributed by atoms with van der Waals surface area (Å²) in [7, 11) is 0. The van der Waals surface area contributed by atoms with Crippen molar-refractivity contribution in [3.8, 4) is 0 Å². The van der Waals surface area contributed by atoms with Gasteiger partial charge in [-0.3, -0.25) is 4.79 Å². The molecule has 0 aliphatic rings. The lowest BCUT2D eigenvalue weighted by atomic mass is 10.2. The Morgan fingerprint density at radius 1 is 0.840 bits per heavy atom. The number of carbonyl (C=O) groups is 1. The monoisotopic (exact) mass is 355 g/mol. The minimum atomic E-state index is -0.558. The molecule has 0 bridgehead atoms. The SMILES string of the molecule is O=C(Nc1ccc(SCc2ccccc2F)cc1)c1ccccc1F. The summed E-state index contributed by atoms with van der Waals surface area (Å²) in [6, 6.07) is 19.6. The molecule has 3 aromatic rings. The van der Waals surface area contributed by atoms with Gasteiger partial charge in [0.15, 0.2) is 0 Å². The van der Waals surface area contributed by atoms with Crippen molar-refractivity contribution in [2.45, 2.75) is 10.6 Å². The van der Waals surface area contributed by atoms with Crippen molar-refractivity contribution in [1.29, 1.82) is 0 Å². The molecule has 0 atom stereocenters. The van der Waals surface area contributed by atoms with E-state index in [1.807, 2.05) is 12.1 Å². The molecule has 0 heterocycles. The van der Waals surface area contributed by atoms with Crippen LogP contribution in [0.15, 0.2) is 77.7 Å². The number of benzene rings is 3. The number of hydrogen-bond donors (Lipinski definition) is 1. The number of hydrogen-bond acceptors (Lipinski definition) is 2. The average molecular weight is 355 g/mol. The highest BCUT2D eigenvalue weighted by molar-refractivity contribution is 7.98. The zero-order valence-electron chi connectivity index (χ0n) is 13.2. The fraction of sp³-hybridized carbons (Fsp3) is 0.0500. The van der Waals surface area contributed by atoms with E-state index in [0.717, 1.165) is 4.90 Å². The molecule has 5 heteroatoms. The van der Waals surface area contributed by atoms with Crippen LogP contribution in [0.25, 0.3) is 0 Å². The number of rotatable bonds is 5. The Kier molecular flexibility index (Phi) is 5.46. The summed E-state index contributed by atoms with van der Waals surface area (Å²) in [6.07, 6.45) is 0. The minimum absolute atomic E-state index is 0.000467. The molecule has 0 unspecified atom stereocenters. The molecule has 1 N–H and O–H groups in total. The molecular formula is C20H15F2NOS. The quantitative estimate of drug-likeness (QED) is 0.612. The Hall–Kier alpha value is -2.66. The summed E-state index contributed by atoms with van der Waals surface area (Å²) >= 11 is 1.50. The lowest BCUT2D eigenvalue weighted by molar-refractivity contribution is 0.102. The van der Waals surface area contributed by atoms with Gasteiger partial charge in [-0.2, -0.15) is 0 Å². The molecule has 0 aromatic heterocycles. The van der Waals surface area contributed by atoms with Crippen LogP contribution in [0.2, 0.25) is 0 Å². The Bertz CT molecular complexity index is 881. The van der Waals surface area contributed by atoms with Crippen molar-refractivity contribution in [2.24, 2.45) is 0 Å². The molecule has 0 radical (unpaired) electrons. The molecule has 2 nitrogen and oxygen atoms in total. The summed E-state index contributed by atoms with van der Waals surface area (Å²) in [4.78, 5) is 13.0. The van der Waals surface area contributed by atoms with Gasteiger partial charge in [0.05, 0.1) is 5.56 Å². The van der Waals surface area contributed by atoms with Gasteiger partial charge in [0.1, 0.15) is 11.6 Å². The van der Waals surface area contributed by atoms with Gasteiger partial charge in [-0.15, -0.1) is 11.8 Å². The number of nitrogens with one attached hydrogen (secondary N) is 1. The molecule has 3 aromatic carbocycles. The first kappa shape index (κ1) is 17.2. The van der Waals surface area contributed by atoms with E-state index < -0.39 is 11.7 Å². The van der Waals surface area contributed by atoms with E-state index in [1.165, 1.54) is 36.0 Å². The van der Waals surface area contributed by atoms with Crippen molar-refractivity contribution >= 4 is 23.4 Å². The van der Waals surface area contributed by atoms with Gasteiger partial charge in [0.2, 0.25) is 0 Å². The Labute approximate surface area is 148 Å². The van der Waals surface area contributed by atoms with E-state index in [0.29, 0.717) is 17.0 Å². The van der Waals surface area contributed by atoms with Crippen LogP contribution in [0.4, 0.5) is 14.5 Å². The van der Waals surface area contributed by atoms with Crippen LogP contribution in [0.3, 0.4) is 0 Å². The predicted molar refractivity (Wildman–Crippen MR) is 96.8 cm³/mol. The van der Waals surface area contributed by atoms with E-state index in [2.05, 4.69) is 5.32 Å². The molecule has 0 saturated heterocycles. The predicted octanol–water partition coefficient (Wildman–Crippen LogP) is 5.51. The number of amides is 1. The topological polar surface area (TPSA) is 29.1 Å². The fourth-order valence-electron chi connectivity index (χ4n) is 2.25. The molecule has 0 saturated carbocycles. The van der Waals surface area contributed by atoms with Gasteiger partial charge in [0.25, 0.3) is 5.91 Å². The highest BCUT2D eigenvalue weighted by Crippen LogP contribution is 2.25. The van der Waals surface area contributed by atoms with E-state index >= 15 is 0 Å². The standard InChI is InChI=1S/C20H15F2NOS/c21-18-7-3-1-5-14(18)13-25-16-11-9-15(10-12-16)23-20(24)17-6-2-4-8-19(17)22/h1-12H,13H2,(H,23,24). The average Bonchev–Trinajstić information content (AvgIpc) is 2.62. The normalized spacial score (nSPS) is 10.5. The molecule has 0 aliphatic heterocycles. The van der Waals surface area contributed by atoms with Gasteiger partial charge in [-0.05, 0) is 48.0 Å². The van der Waals surface area contributed by atoms with Crippen LogP contribution < -0.4 is 5.32 Å². The summed E-state index contributed by atoms with van der Waals surface area (Å²) in [5.74, 6) is -0.751. The second-order valence-electron chi connectivity index (χ2n) is 5.34. The highest BCUT2D eigenvalue weighted by Gasteiger charge is 2.10. The molecule has 0 aliphatic carbocycles. The Morgan fingerprint density at radius 3 is 2.16 bits per heavy atom. The van der Waals surface area contributed by atoms with Crippen molar-refractivity contribution in [2.75, 3.05) is 5.32 Å². The first-order valence-electron chi connectivity index (χ1n) is 7.65. The van der Waals surface area contributed by atoms with Crippen molar-refractivity contribution in [3.05, 3.63) is 95.6 Å². The second-order valence-corrected chi connectivity index (χ2v) is 6.39. The van der Waals surface area contributed by atoms with Crippen LogP contribution in [0.1, 0.15) is 15.9 Å². The zero-order chi connectivity index (χ0) is 17.6. The third kappa shape index (κ3) is 4.45. The van der Waals surface area contributed by atoms with E-state index in [4.69, 9.17) is 0 Å². The van der Waals surface area contributed by atoms with Crippen LogP contribution in [-0.2, 0) is 5.75 Å². The molecule has 0 spiro atoms. The van der Waals surface area contributed by atoms with Gasteiger partial charge in [-0.25, -0.2) is 8.78 Å². The van der Waals surface area contributed by atoms with Crippen LogP contribution >= 0.6 is 11.8 Å². The molecule has 3 rings (SSSR count). The number of carbonyl (C=O) groups excluding carboxylic acids is 1. The summed E-state index contributed by atoms with van der Waals surface area (Å²) in [6.45, 7) is 0. The third-order valence-corrected chi connectivity index (χ3v) is 4.64. The number of anilines is 1. The highest BCUT2D eigenvalue weighted by atomic mass is 32.2. The first-order chi connectivity index (χ1) is 12.1. The molecule has 1 amide bonds. The maximum Gasteiger partial charge on any atom is 0.258 e.